The molecule has 2 aromatic carbocycles. The number of rotatable bonds is 4. The Morgan fingerprint density at radius 1 is 1.22 bits per heavy atom. The van der Waals surface area contributed by atoms with Crippen LogP contribution >= 0.6 is 35.2 Å². The molecule has 0 aliphatic heterocycles. The first-order chi connectivity index (χ1) is 11.1. The largest absolute Gasteiger partial charge is 0.362 e. The minimum absolute atomic E-state index is 0.594. The highest BCUT2D eigenvalue weighted by Gasteiger charge is 2.05. The maximum Gasteiger partial charge on any atom is 0.170 e. The molecule has 0 spiro atoms. The quantitative estimate of drug-likeness (QED) is 0.655. The fourth-order valence-corrected chi connectivity index (χ4v) is 3.57. The lowest BCUT2D eigenvalue weighted by molar-refractivity contribution is 0.868. The summed E-state index contributed by atoms with van der Waals surface area (Å²) in [7, 11) is 0. The standard InChI is InChI=1S/C17H16ClN3S2/c1-11-12(18)5-4-7-13(11)21-17(22)19-10-9-16-20-14-6-2-3-8-15(14)23-16/h2-8H,9-10H2,1H3,(H2,19,21,22). The van der Waals surface area contributed by atoms with E-state index in [0.29, 0.717) is 5.11 Å². The van der Waals surface area contributed by atoms with Crippen LogP contribution in [0.4, 0.5) is 5.69 Å². The van der Waals surface area contributed by atoms with E-state index in [4.69, 9.17) is 23.8 Å². The topological polar surface area (TPSA) is 37.0 Å². The molecule has 0 unspecified atom stereocenters. The molecule has 6 heteroatoms. The summed E-state index contributed by atoms with van der Waals surface area (Å²) < 4.78 is 1.22. The van der Waals surface area contributed by atoms with Crippen LogP contribution in [0.15, 0.2) is 42.5 Å². The van der Waals surface area contributed by atoms with E-state index in [1.807, 2.05) is 43.3 Å². The predicted octanol–water partition coefficient (Wildman–Crippen LogP) is 4.79. The number of nitrogens with zero attached hydrogens (tertiary/aromatic N) is 1. The molecule has 0 fully saturated rings. The third-order valence-corrected chi connectivity index (χ3v) is 5.23. The summed E-state index contributed by atoms with van der Waals surface area (Å²) in [4.78, 5) is 4.62. The van der Waals surface area contributed by atoms with E-state index in [9.17, 15) is 0 Å². The molecule has 0 atom stereocenters. The van der Waals surface area contributed by atoms with Crippen LogP contribution in [0.3, 0.4) is 0 Å². The van der Waals surface area contributed by atoms with Gasteiger partial charge in [-0.3, -0.25) is 0 Å². The maximum atomic E-state index is 6.11. The third-order valence-electron chi connectivity index (χ3n) is 3.48. The van der Waals surface area contributed by atoms with Gasteiger partial charge in [-0.1, -0.05) is 29.8 Å². The minimum Gasteiger partial charge on any atom is -0.362 e. The molecule has 1 heterocycles. The molecular formula is C17H16ClN3S2. The number of para-hydroxylation sites is 1. The molecule has 0 radical (unpaired) electrons. The van der Waals surface area contributed by atoms with E-state index in [0.717, 1.165) is 39.8 Å². The first kappa shape index (κ1) is 16.2. The molecule has 0 bridgehead atoms. The summed E-state index contributed by atoms with van der Waals surface area (Å²) in [5, 5.41) is 8.83. The number of hydrogen-bond donors (Lipinski definition) is 2. The molecule has 3 nitrogen and oxygen atoms in total. The van der Waals surface area contributed by atoms with Crippen LogP contribution in [0.25, 0.3) is 10.2 Å². The molecule has 23 heavy (non-hydrogen) atoms. The number of nitrogens with one attached hydrogen (secondary N) is 2. The van der Waals surface area contributed by atoms with Gasteiger partial charge in [0.15, 0.2) is 5.11 Å². The fraction of sp³-hybridized carbons (Fsp3) is 0.176. The Kier molecular flexibility index (Phi) is 5.10. The normalized spacial score (nSPS) is 10.7. The Bertz CT molecular complexity index is 812. The smallest absolute Gasteiger partial charge is 0.170 e. The molecule has 3 aromatic rings. The highest BCUT2D eigenvalue weighted by Crippen LogP contribution is 2.23. The second kappa shape index (κ2) is 7.25. The van der Waals surface area contributed by atoms with Crippen molar-refractivity contribution in [2.75, 3.05) is 11.9 Å². The number of anilines is 1. The molecule has 2 N–H and O–H groups in total. The predicted molar refractivity (Wildman–Crippen MR) is 104 cm³/mol. The Morgan fingerprint density at radius 2 is 2.04 bits per heavy atom. The molecular weight excluding hydrogens is 346 g/mol. The van der Waals surface area contributed by atoms with Crippen molar-refractivity contribution >= 4 is 56.2 Å². The molecule has 1 aromatic heterocycles. The summed E-state index contributed by atoms with van der Waals surface area (Å²) >= 11 is 13.2. The number of aromatic nitrogens is 1. The molecule has 0 aliphatic rings. The molecule has 0 saturated carbocycles. The Balaban J connectivity index is 1.54. The van der Waals surface area contributed by atoms with Crippen molar-refractivity contribution < 1.29 is 0 Å². The first-order valence-corrected chi connectivity index (χ1v) is 8.88. The number of halogens is 1. The summed E-state index contributed by atoms with van der Waals surface area (Å²) in [6.45, 7) is 2.71. The van der Waals surface area contributed by atoms with E-state index in [-0.39, 0.29) is 0 Å². The highest BCUT2D eigenvalue weighted by atomic mass is 35.5. The van der Waals surface area contributed by atoms with Crippen molar-refractivity contribution in [3.8, 4) is 0 Å². The van der Waals surface area contributed by atoms with Gasteiger partial charge in [-0.15, -0.1) is 11.3 Å². The second-order valence-electron chi connectivity index (χ2n) is 5.12. The van der Waals surface area contributed by atoms with Crippen molar-refractivity contribution in [3.05, 3.63) is 58.1 Å². The number of hydrogen-bond acceptors (Lipinski definition) is 3. The van der Waals surface area contributed by atoms with Crippen molar-refractivity contribution in [1.82, 2.24) is 10.3 Å². The van der Waals surface area contributed by atoms with Gasteiger partial charge >= 0.3 is 0 Å². The number of fused-ring (bicyclic) bond motifs is 1. The Labute approximate surface area is 149 Å². The van der Waals surface area contributed by atoms with Crippen molar-refractivity contribution in [2.45, 2.75) is 13.3 Å². The van der Waals surface area contributed by atoms with E-state index in [1.54, 1.807) is 11.3 Å². The lowest BCUT2D eigenvalue weighted by Gasteiger charge is -2.12. The highest BCUT2D eigenvalue weighted by molar-refractivity contribution is 7.80. The van der Waals surface area contributed by atoms with Gasteiger partial charge in [0, 0.05) is 23.7 Å². The summed E-state index contributed by atoms with van der Waals surface area (Å²) in [5.74, 6) is 0. The van der Waals surface area contributed by atoms with Crippen molar-refractivity contribution in [2.24, 2.45) is 0 Å². The number of thiocarbonyl (C=S) groups is 1. The van der Waals surface area contributed by atoms with Gasteiger partial charge < -0.3 is 10.6 Å². The average Bonchev–Trinajstić information content (AvgIpc) is 2.94. The molecule has 118 valence electrons. The minimum atomic E-state index is 0.594. The zero-order valence-electron chi connectivity index (χ0n) is 12.6. The lowest BCUT2D eigenvalue weighted by atomic mass is 10.2. The van der Waals surface area contributed by atoms with Crippen LogP contribution in [0.5, 0.6) is 0 Å². The van der Waals surface area contributed by atoms with Gasteiger partial charge in [0.05, 0.1) is 15.2 Å². The van der Waals surface area contributed by atoms with Gasteiger partial charge in [-0.25, -0.2) is 4.98 Å². The summed E-state index contributed by atoms with van der Waals surface area (Å²) in [6.07, 6.45) is 0.843. The maximum absolute atomic E-state index is 6.11. The number of benzene rings is 2. The van der Waals surface area contributed by atoms with Gasteiger partial charge in [-0.05, 0) is 49.0 Å². The van der Waals surface area contributed by atoms with E-state index in [2.05, 4.69) is 21.7 Å². The lowest BCUT2D eigenvalue weighted by Crippen LogP contribution is -2.30. The average molecular weight is 362 g/mol. The third kappa shape index (κ3) is 3.99. The zero-order valence-corrected chi connectivity index (χ0v) is 15.0. The van der Waals surface area contributed by atoms with Gasteiger partial charge in [0.25, 0.3) is 0 Å². The van der Waals surface area contributed by atoms with E-state index in [1.165, 1.54) is 4.70 Å². The van der Waals surface area contributed by atoms with Crippen LogP contribution in [0, 0.1) is 6.92 Å². The van der Waals surface area contributed by atoms with Crippen molar-refractivity contribution in [1.29, 1.82) is 0 Å². The summed E-state index contributed by atoms with van der Waals surface area (Å²) in [6, 6.07) is 13.9. The fourth-order valence-electron chi connectivity index (χ4n) is 2.22. The van der Waals surface area contributed by atoms with Gasteiger partial charge in [0.1, 0.15) is 0 Å². The molecule has 0 amide bonds. The molecule has 3 rings (SSSR count). The molecule has 0 saturated heterocycles. The number of thiazole rings is 1. The molecule has 0 aliphatic carbocycles. The van der Waals surface area contributed by atoms with E-state index >= 15 is 0 Å². The van der Waals surface area contributed by atoms with Crippen LogP contribution in [-0.2, 0) is 6.42 Å². The second-order valence-corrected chi connectivity index (χ2v) is 7.05. The Hall–Kier alpha value is -1.69. The van der Waals surface area contributed by atoms with Crippen molar-refractivity contribution in [3.63, 3.8) is 0 Å². The van der Waals surface area contributed by atoms with Gasteiger partial charge in [0.2, 0.25) is 0 Å². The zero-order chi connectivity index (χ0) is 16.2. The van der Waals surface area contributed by atoms with E-state index < -0.39 is 0 Å². The van der Waals surface area contributed by atoms with Crippen LogP contribution in [0.2, 0.25) is 5.02 Å². The Morgan fingerprint density at radius 3 is 2.87 bits per heavy atom. The van der Waals surface area contributed by atoms with Crippen LogP contribution in [0.1, 0.15) is 10.6 Å². The van der Waals surface area contributed by atoms with Crippen LogP contribution in [-0.4, -0.2) is 16.6 Å². The van der Waals surface area contributed by atoms with Gasteiger partial charge in [-0.2, -0.15) is 0 Å². The monoisotopic (exact) mass is 361 g/mol. The SMILES string of the molecule is Cc1c(Cl)cccc1NC(=S)NCCc1nc2ccccc2s1. The summed E-state index contributed by atoms with van der Waals surface area (Å²) in [5.41, 5.74) is 2.97. The first-order valence-electron chi connectivity index (χ1n) is 7.28. The van der Waals surface area contributed by atoms with Crippen LogP contribution < -0.4 is 10.6 Å².